The number of carboxylic acid groups (broad SMARTS) is 1. The van der Waals surface area contributed by atoms with Crippen molar-refractivity contribution in [1.29, 1.82) is 0 Å². The van der Waals surface area contributed by atoms with E-state index in [0.717, 1.165) is 45.5 Å². The second-order valence-corrected chi connectivity index (χ2v) is 11.6. The largest absolute Gasteiger partial charge is 0.476 e. The molecule has 7 nitrogen and oxygen atoms in total. The average Bonchev–Trinajstić information content (AvgIpc) is 3.57. The Morgan fingerprint density at radius 1 is 0.923 bits per heavy atom. The lowest BCUT2D eigenvalue weighted by Gasteiger charge is -2.29. The molecule has 0 fully saturated rings. The number of amides is 1. The number of fused-ring (bicyclic) bond motifs is 2. The summed E-state index contributed by atoms with van der Waals surface area (Å²) in [6, 6.07) is 23.8. The summed E-state index contributed by atoms with van der Waals surface area (Å²) in [5.41, 5.74) is 4.91. The molecule has 0 atom stereocenters. The molecule has 6 rings (SSSR count). The Labute approximate surface area is 233 Å². The molecule has 3 aromatic carbocycles. The zero-order valence-corrected chi connectivity index (χ0v) is 22.7. The van der Waals surface area contributed by atoms with Gasteiger partial charge in [0.25, 0.3) is 5.91 Å². The highest BCUT2D eigenvalue weighted by Gasteiger charge is 2.26. The summed E-state index contributed by atoms with van der Waals surface area (Å²) in [6.07, 6.45) is 3.15. The molecule has 0 spiro atoms. The van der Waals surface area contributed by atoms with Gasteiger partial charge < -0.3 is 10.0 Å². The van der Waals surface area contributed by atoms with Crippen LogP contribution < -0.4 is 10.2 Å². The predicted octanol–water partition coefficient (Wildman–Crippen LogP) is 6.44. The zero-order chi connectivity index (χ0) is 26.8. The maximum atomic E-state index is 13.3. The number of carbonyl (C=O) groups is 2. The molecule has 0 bridgehead atoms. The van der Waals surface area contributed by atoms with Gasteiger partial charge in [0.2, 0.25) is 0 Å². The van der Waals surface area contributed by atoms with Gasteiger partial charge in [-0.25, -0.2) is 14.8 Å². The van der Waals surface area contributed by atoms with E-state index in [1.165, 1.54) is 28.2 Å². The molecular formula is C30H26N4O3S2. The van der Waals surface area contributed by atoms with Crippen LogP contribution in [0.5, 0.6) is 0 Å². The van der Waals surface area contributed by atoms with E-state index >= 15 is 0 Å². The molecule has 0 unspecified atom stereocenters. The van der Waals surface area contributed by atoms with Gasteiger partial charge in [-0.05, 0) is 60.6 Å². The van der Waals surface area contributed by atoms with E-state index in [1.807, 2.05) is 54.6 Å². The quantitative estimate of drug-likeness (QED) is 0.229. The first-order valence-electron chi connectivity index (χ1n) is 12.8. The van der Waals surface area contributed by atoms with Gasteiger partial charge in [0.05, 0.1) is 10.2 Å². The van der Waals surface area contributed by atoms with Crippen molar-refractivity contribution >= 4 is 55.0 Å². The predicted molar refractivity (Wildman–Crippen MR) is 156 cm³/mol. The molecule has 2 aromatic heterocycles. The topological polar surface area (TPSA) is 95.4 Å². The first-order valence-corrected chi connectivity index (χ1v) is 14.5. The summed E-state index contributed by atoms with van der Waals surface area (Å²) in [4.78, 5) is 37.3. The molecule has 2 N–H and O–H groups in total. The lowest BCUT2D eigenvalue weighted by Crippen LogP contribution is -2.32. The minimum atomic E-state index is -1.000. The Hall–Kier alpha value is -4.08. The smallest absolute Gasteiger partial charge is 0.355 e. The van der Waals surface area contributed by atoms with Gasteiger partial charge in [-0.1, -0.05) is 65.9 Å². The number of anilines is 2. The van der Waals surface area contributed by atoms with Crippen LogP contribution in [0, 0.1) is 0 Å². The van der Waals surface area contributed by atoms with Crippen molar-refractivity contribution in [3.8, 4) is 0 Å². The molecule has 1 aliphatic rings. The van der Waals surface area contributed by atoms with Gasteiger partial charge in [0.1, 0.15) is 0 Å². The third-order valence-electron chi connectivity index (χ3n) is 6.90. The number of aromatic carboxylic acids is 1. The number of nitrogens with zero attached hydrogens (tertiary/aromatic N) is 3. The molecule has 39 heavy (non-hydrogen) atoms. The summed E-state index contributed by atoms with van der Waals surface area (Å²) in [5, 5.41) is 14.1. The Balaban J connectivity index is 1.20. The van der Waals surface area contributed by atoms with E-state index in [2.05, 4.69) is 38.4 Å². The summed E-state index contributed by atoms with van der Waals surface area (Å²) in [7, 11) is 0. The van der Waals surface area contributed by atoms with Crippen molar-refractivity contribution in [2.75, 3.05) is 16.8 Å². The molecule has 196 valence electrons. The summed E-state index contributed by atoms with van der Waals surface area (Å²) >= 11 is 2.90. The highest BCUT2D eigenvalue weighted by Crippen LogP contribution is 2.33. The van der Waals surface area contributed by atoms with E-state index in [4.69, 9.17) is 0 Å². The number of carboxylic acids is 1. The van der Waals surface area contributed by atoms with E-state index in [-0.39, 0.29) is 11.6 Å². The molecule has 0 radical (unpaired) electrons. The Kier molecular flexibility index (Phi) is 7.08. The van der Waals surface area contributed by atoms with E-state index in [0.29, 0.717) is 35.3 Å². The van der Waals surface area contributed by atoms with Crippen LogP contribution in [0.2, 0.25) is 0 Å². The van der Waals surface area contributed by atoms with Crippen LogP contribution in [0.25, 0.3) is 10.2 Å². The molecule has 1 aliphatic heterocycles. The molecule has 0 saturated carbocycles. The first kappa shape index (κ1) is 25.2. The van der Waals surface area contributed by atoms with Gasteiger partial charge in [-0.2, -0.15) is 0 Å². The van der Waals surface area contributed by atoms with Crippen molar-refractivity contribution < 1.29 is 14.7 Å². The van der Waals surface area contributed by atoms with Crippen molar-refractivity contribution in [3.05, 3.63) is 106 Å². The third kappa shape index (κ3) is 5.41. The normalized spacial score (nSPS) is 12.9. The van der Waals surface area contributed by atoms with Gasteiger partial charge in [0.15, 0.2) is 16.0 Å². The van der Waals surface area contributed by atoms with Crippen molar-refractivity contribution in [2.24, 2.45) is 0 Å². The first-order chi connectivity index (χ1) is 19.0. The molecular weight excluding hydrogens is 528 g/mol. The van der Waals surface area contributed by atoms with Crippen LogP contribution in [0.15, 0.2) is 72.8 Å². The lowest BCUT2D eigenvalue weighted by molar-refractivity contribution is 0.0690. The van der Waals surface area contributed by atoms with E-state index in [9.17, 15) is 14.7 Å². The molecule has 0 saturated heterocycles. The number of carbonyl (C=O) groups excluding carboxylic acids is 1. The van der Waals surface area contributed by atoms with Gasteiger partial charge in [-0.3, -0.25) is 10.1 Å². The fourth-order valence-electron chi connectivity index (χ4n) is 4.96. The number of nitrogens with one attached hydrogen (secondary N) is 1. The molecule has 9 heteroatoms. The number of hydrogen-bond acceptors (Lipinski definition) is 7. The highest BCUT2D eigenvalue weighted by atomic mass is 32.1. The standard InChI is InChI=1S/C30H26N4O3S2/c35-27(33-29-31-23-13-4-5-14-24(23)38-29)21-12-7-11-20-16-17-34(18-22(20)21)30-32-26(28(36)37)25(39-30)15-6-10-19-8-2-1-3-9-19/h1-5,7-9,11-14H,6,10,15-18H2,(H,36,37)(H,31,33,35). The van der Waals surface area contributed by atoms with Crippen LogP contribution in [0.4, 0.5) is 10.3 Å². The number of para-hydroxylation sites is 1. The molecule has 3 heterocycles. The van der Waals surface area contributed by atoms with Crippen LogP contribution in [0.1, 0.15) is 48.8 Å². The number of hydrogen-bond donors (Lipinski definition) is 2. The van der Waals surface area contributed by atoms with Crippen molar-refractivity contribution in [2.45, 2.75) is 32.2 Å². The van der Waals surface area contributed by atoms with Crippen LogP contribution >= 0.6 is 22.7 Å². The maximum absolute atomic E-state index is 13.3. The second-order valence-electron chi connectivity index (χ2n) is 9.47. The van der Waals surface area contributed by atoms with Crippen molar-refractivity contribution in [3.63, 3.8) is 0 Å². The number of aryl methyl sites for hydroxylation is 2. The lowest BCUT2D eigenvalue weighted by atomic mass is 9.94. The minimum absolute atomic E-state index is 0.135. The third-order valence-corrected chi connectivity index (χ3v) is 9.03. The molecule has 0 aliphatic carbocycles. The number of rotatable bonds is 8. The molecule has 5 aromatic rings. The van der Waals surface area contributed by atoms with Gasteiger partial charge in [-0.15, -0.1) is 11.3 Å². The SMILES string of the molecule is O=C(Nc1nc2ccccc2s1)c1cccc2c1CN(c1nc(C(=O)O)c(CCCc3ccccc3)s1)CC2. The van der Waals surface area contributed by atoms with Gasteiger partial charge in [0, 0.05) is 23.5 Å². The van der Waals surface area contributed by atoms with Crippen molar-refractivity contribution in [1.82, 2.24) is 9.97 Å². The summed E-state index contributed by atoms with van der Waals surface area (Å²) < 4.78 is 1.02. The number of aromatic nitrogens is 2. The summed E-state index contributed by atoms with van der Waals surface area (Å²) in [6.45, 7) is 1.21. The minimum Gasteiger partial charge on any atom is -0.476 e. The number of benzene rings is 3. The summed E-state index contributed by atoms with van der Waals surface area (Å²) in [5.74, 6) is -1.19. The Bertz CT molecular complexity index is 1630. The highest BCUT2D eigenvalue weighted by molar-refractivity contribution is 7.22. The monoisotopic (exact) mass is 554 g/mol. The molecule has 1 amide bonds. The maximum Gasteiger partial charge on any atom is 0.355 e. The zero-order valence-electron chi connectivity index (χ0n) is 21.1. The second kappa shape index (κ2) is 11.0. The van der Waals surface area contributed by atoms with Crippen LogP contribution in [-0.2, 0) is 25.8 Å². The van der Waals surface area contributed by atoms with Crippen LogP contribution in [0.3, 0.4) is 0 Å². The Morgan fingerprint density at radius 2 is 1.74 bits per heavy atom. The van der Waals surface area contributed by atoms with Gasteiger partial charge >= 0.3 is 5.97 Å². The van der Waals surface area contributed by atoms with E-state index < -0.39 is 5.97 Å². The fourth-order valence-corrected chi connectivity index (χ4v) is 6.94. The average molecular weight is 555 g/mol. The van der Waals surface area contributed by atoms with Crippen LogP contribution in [-0.4, -0.2) is 33.5 Å². The van der Waals surface area contributed by atoms with E-state index in [1.54, 1.807) is 0 Å². The number of thiazole rings is 2. The Morgan fingerprint density at radius 3 is 2.56 bits per heavy atom. The fraction of sp³-hybridized carbons (Fsp3) is 0.200.